The van der Waals surface area contributed by atoms with E-state index in [2.05, 4.69) is 11.0 Å². The molecule has 2 heterocycles. The predicted octanol–water partition coefficient (Wildman–Crippen LogP) is 2.35. The number of carbonyl (C=O) groups is 1. The highest BCUT2D eigenvalue weighted by Crippen LogP contribution is 2.36. The second kappa shape index (κ2) is 5.29. The summed E-state index contributed by atoms with van der Waals surface area (Å²) >= 11 is 6.15. The Morgan fingerprint density at radius 2 is 2.00 bits per heavy atom. The lowest BCUT2D eigenvalue weighted by Crippen LogP contribution is -2.44. The molecule has 2 bridgehead atoms. The van der Waals surface area contributed by atoms with Crippen LogP contribution in [0, 0.1) is 0 Å². The first kappa shape index (κ1) is 13.2. The number of Topliss-reactive ketones (excluding diaryl/α,β-unsaturated/α-hetero) is 1. The Kier molecular flexibility index (Phi) is 3.68. The maximum absolute atomic E-state index is 11.6. The molecule has 2 aliphatic heterocycles. The van der Waals surface area contributed by atoms with Crippen molar-refractivity contribution in [1.82, 2.24) is 4.90 Å². The number of halogens is 1. The molecular weight excluding hydrogens is 260 g/mol. The molecule has 1 aliphatic carbocycles. The van der Waals surface area contributed by atoms with Crippen LogP contribution < -0.4 is 5.73 Å². The smallest absolute Gasteiger partial charge is 0.136 e. The number of hydrogen-bond donors (Lipinski definition) is 1. The van der Waals surface area contributed by atoms with Crippen LogP contribution in [0.25, 0.3) is 0 Å². The van der Waals surface area contributed by atoms with Gasteiger partial charge in [0, 0.05) is 31.5 Å². The van der Waals surface area contributed by atoms with Crippen LogP contribution in [0.1, 0.15) is 38.5 Å². The highest BCUT2D eigenvalue weighted by atomic mass is 35.5. The average molecular weight is 281 g/mol. The van der Waals surface area contributed by atoms with Crippen molar-refractivity contribution < 1.29 is 4.79 Å². The Hall–Kier alpha value is -0.800. The number of piperidine rings is 1. The van der Waals surface area contributed by atoms with Gasteiger partial charge in [0.05, 0.1) is 5.38 Å². The molecular formula is C15H21ClN2O. The zero-order valence-corrected chi connectivity index (χ0v) is 11.9. The Morgan fingerprint density at radius 1 is 1.32 bits per heavy atom. The summed E-state index contributed by atoms with van der Waals surface area (Å²) < 4.78 is 0. The number of nitrogens with two attached hydrogens (primary N) is 1. The van der Waals surface area contributed by atoms with Gasteiger partial charge < -0.3 is 5.73 Å². The number of allylic oxidation sites excluding steroid dienone is 1. The first-order chi connectivity index (χ1) is 9.17. The molecule has 0 aromatic rings. The van der Waals surface area contributed by atoms with E-state index in [0.717, 1.165) is 50.6 Å². The summed E-state index contributed by atoms with van der Waals surface area (Å²) in [7, 11) is 0. The molecule has 0 aromatic heterocycles. The Bertz CT molecular complexity index is 427. The monoisotopic (exact) mass is 280 g/mol. The highest BCUT2D eigenvalue weighted by Gasteiger charge is 2.39. The Labute approximate surface area is 119 Å². The summed E-state index contributed by atoms with van der Waals surface area (Å²) in [6, 6.07) is 0.876. The molecule has 2 N–H and O–H groups in total. The van der Waals surface area contributed by atoms with E-state index in [9.17, 15) is 4.79 Å². The first-order valence-electron chi connectivity index (χ1n) is 7.20. The van der Waals surface area contributed by atoms with E-state index >= 15 is 0 Å². The van der Waals surface area contributed by atoms with Crippen LogP contribution in [0.5, 0.6) is 0 Å². The van der Waals surface area contributed by atoms with Crippen molar-refractivity contribution >= 4 is 17.4 Å². The van der Waals surface area contributed by atoms with Crippen LogP contribution in [0.4, 0.5) is 0 Å². The van der Waals surface area contributed by atoms with Gasteiger partial charge in [-0.25, -0.2) is 0 Å². The van der Waals surface area contributed by atoms with Gasteiger partial charge in [-0.3, -0.25) is 9.69 Å². The molecule has 0 aromatic carbocycles. The minimum Gasteiger partial charge on any atom is -0.404 e. The van der Waals surface area contributed by atoms with Gasteiger partial charge in [-0.15, -0.1) is 11.6 Å². The minimum absolute atomic E-state index is 0.203. The molecule has 0 spiro atoms. The van der Waals surface area contributed by atoms with E-state index in [4.69, 9.17) is 17.3 Å². The molecule has 3 nitrogen and oxygen atoms in total. The van der Waals surface area contributed by atoms with Crippen molar-refractivity contribution in [2.45, 2.75) is 56.0 Å². The van der Waals surface area contributed by atoms with Gasteiger partial charge in [0.2, 0.25) is 0 Å². The Balaban J connectivity index is 1.67. The van der Waals surface area contributed by atoms with Crippen LogP contribution in [0.15, 0.2) is 23.4 Å². The molecule has 3 unspecified atom stereocenters. The van der Waals surface area contributed by atoms with Gasteiger partial charge in [0.25, 0.3) is 0 Å². The standard InChI is InChI=1S/C15H21ClN2O/c16-15-4-1-11(15)5-10(8-17)9-18-12-2-3-13(18)7-14(19)6-12/h5,8,12-13,15H,1-4,6-7,9,17H2/b10-8+,11-5+. The summed E-state index contributed by atoms with van der Waals surface area (Å²) in [5, 5.41) is 0.203. The van der Waals surface area contributed by atoms with Crippen molar-refractivity contribution in [2.24, 2.45) is 5.73 Å². The lowest BCUT2D eigenvalue weighted by atomic mass is 9.89. The number of fused-ring (bicyclic) bond motifs is 2. The predicted molar refractivity (Wildman–Crippen MR) is 77.0 cm³/mol. The number of alkyl halides is 1. The third-order valence-electron chi connectivity index (χ3n) is 4.74. The maximum Gasteiger partial charge on any atom is 0.136 e. The largest absolute Gasteiger partial charge is 0.404 e. The van der Waals surface area contributed by atoms with Crippen molar-refractivity contribution in [3.63, 3.8) is 0 Å². The van der Waals surface area contributed by atoms with Gasteiger partial charge in [-0.1, -0.05) is 11.6 Å². The normalized spacial score (nSPS) is 37.7. The molecule has 19 heavy (non-hydrogen) atoms. The molecule has 4 heteroatoms. The van der Waals surface area contributed by atoms with Crippen molar-refractivity contribution in [3.05, 3.63) is 23.4 Å². The molecule has 0 radical (unpaired) electrons. The maximum atomic E-state index is 11.6. The molecule has 2 saturated heterocycles. The van der Waals surface area contributed by atoms with E-state index < -0.39 is 0 Å². The van der Waals surface area contributed by atoms with Gasteiger partial charge >= 0.3 is 0 Å². The molecule has 3 aliphatic rings. The second-order valence-electron chi connectivity index (χ2n) is 5.97. The lowest BCUT2D eigenvalue weighted by molar-refractivity contribution is -0.123. The van der Waals surface area contributed by atoms with E-state index in [1.165, 1.54) is 5.57 Å². The summed E-state index contributed by atoms with van der Waals surface area (Å²) in [6.45, 7) is 0.867. The third-order valence-corrected chi connectivity index (χ3v) is 5.24. The summed E-state index contributed by atoms with van der Waals surface area (Å²) in [5.74, 6) is 0.431. The van der Waals surface area contributed by atoms with Crippen molar-refractivity contribution in [1.29, 1.82) is 0 Å². The topological polar surface area (TPSA) is 46.3 Å². The van der Waals surface area contributed by atoms with E-state index in [0.29, 0.717) is 17.9 Å². The van der Waals surface area contributed by atoms with E-state index in [1.54, 1.807) is 6.20 Å². The van der Waals surface area contributed by atoms with Crippen LogP contribution in [-0.2, 0) is 4.79 Å². The molecule has 104 valence electrons. The quantitative estimate of drug-likeness (QED) is 0.807. The number of hydrogen-bond acceptors (Lipinski definition) is 3. The molecule has 3 fully saturated rings. The summed E-state index contributed by atoms with van der Waals surface area (Å²) in [5.41, 5.74) is 8.21. The van der Waals surface area contributed by atoms with Gasteiger partial charge in [0.1, 0.15) is 5.78 Å². The zero-order chi connectivity index (χ0) is 13.4. The minimum atomic E-state index is 0.203. The molecule has 3 rings (SSSR count). The van der Waals surface area contributed by atoms with Crippen LogP contribution >= 0.6 is 11.6 Å². The molecule has 1 saturated carbocycles. The molecule has 3 atom stereocenters. The van der Waals surface area contributed by atoms with Crippen LogP contribution in [0.2, 0.25) is 0 Å². The van der Waals surface area contributed by atoms with Crippen molar-refractivity contribution in [2.75, 3.05) is 6.54 Å². The lowest BCUT2D eigenvalue weighted by Gasteiger charge is -2.34. The number of carbonyl (C=O) groups excluding carboxylic acids is 1. The average Bonchev–Trinajstić information content (AvgIpc) is 2.63. The zero-order valence-electron chi connectivity index (χ0n) is 11.1. The third kappa shape index (κ3) is 2.59. The summed E-state index contributed by atoms with van der Waals surface area (Å²) in [4.78, 5) is 14.1. The van der Waals surface area contributed by atoms with E-state index in [-0.39, 0.29) is 5.38 Å². The second-order valence-corrected chi connectivity index (χ2v) is 6.50. The van der Waals surface area contributed by atoms with Gasteiger partial charge in [-0.05, 0) is 37.5 Å². The number of ketones is 1. The van der Waals surface area contributed by atoms with Gasteiger partial charge in [0.15, 0.2) is 0 Å². The van der Waals surface area contributed by atoms with Crippen LogP contribution in [0.3, 0.4) is 0 Å². The summed E-state index contributed by atoms with van der Waals surface area (Å²) in [6.07, 6.45) is 9.80. The highest BCUT2D eigenvalue weighted by molar-refractivity contribution is 6.23. The number of rotatable bonds is 3. The fourth-order valence-electron chi connectivity index (χ4n) is 3.50. The Morgan fingerprint density at radius 3 is 2.47 bits per heavy atom. The fraction of sp³-hybridized carbons (Fsp3) is 0.667. The van der Waals surface area contributed by atoms with Crippen LogP contribution in [-0.4, -0.2) is 34.7 Å². The fourth-order valence-corrected chi connectivity index (χ4v) is 3.78. The van der Waals surface area contributed by atoms with E-state index in [1.807, 2.05) is 0 Å². The first-order valence-corrected chi connectivity index (χ1v) is 7.63. The number of nitrogens with zero attached hydrogens (tertiary/aromatic N) is 1. The molecule has 0 amide bonds. The SMILES string of the molecule is N/C=C(\C=C1/CCC1Cl)CN1C2CCC1CC(=O)C2. The van der Waals surface area contributed by atoms with Gasteiger partial charge in [-0.2, -0.15) is 0 Å². The van der Waals surface area contributed by atoms with Crippen molar-refractivity contribution in [3.8, 4) is 0 Å².